The number of aromatic hydroxyl groups is 1. The van der Waals surface area contributed by atoms with Gasteiger partial charge in [-0.2, -0.15) is 9.97 Å². The van der Waals surface area contributed by atoms with Crippen LogP contribution in [0.2, 0.25) is 0 Å². The van der Waals surface area contributed by atoms with Crippen molar-refractivity contribution in [1.29, 1.82) is 0 Å². The fraction of sp³-hybridized carbons (Fsp3) is 0.406. The number of phenols is 1. The number of ether oxygens (including phenoxy) is 3. The Bertz CT molecular complexity index is 3470. The number of piperazine rings is 1. The number of fused-ring (bicyclic) bond motifs is 4. The molecule has 3 aliphatic rings. The quantitative estimate of drug-likeness (QED) is 0.0554. The van der Waals surface area contributed by atoms with E-state index in [0.717, 1.165) is 73.1 Å². The minimum atomic E-state index is -0.447. The molecule has 3 saturated heterocycles. The number of anilines is 1. The SMILES string of the molecule is CC.CCc1c(F)ccc2cc(O)cc(-c3ncc4c(N5CC6CCC(C5)N6)nc(OC[C@H](C)OC)nc4c3OCc3ccc(-c4cn(C(C(=O)N5CCCC5C)C(C)C)nn4)cc3)c12.O=CNC(CO)c1ccc(-c2cccnc2)cc1. The van der Waals surface area contributed by atoms with E-state index in [-0.39, 0.29) is 67.4 Å². The van der Waals surface area contributed by atoms with Crippen LogP contribution in [0.15, 0.2) is 110 Å². The summed E-state index contributed by atoms with van der Waals surface area (Å²) in [7, 11) is 1.63. The van der Waals surface area contributed by atoms with Crippen LogP contribution in [0, 0.1) is 11.7 Å². The van der Waals surface area contributed by atoms with E-state index in [1.165, 1.54) is 6.07 Å². The van der Waals surface area contributed by atoms with Gasteiger partial charge in [0.05, 0.1) is 30.3 Å². The molecule has 3 fully saturated rings. The van der Waals surface area contributed by atoms with E-state index in [9.17, 15) is 14.7 Å². The summed E-state index contributed by atoms with van der Waals surface area (Å²) in [5, 5.41) is 37.4. The van der Waals surface area contributed by atoms with E-state index in [0.29, 0.717) is 80.7 Å². The van der Waals surface area contributed by atoms with Crippen molar-refractivity contribution in [2.45, 2.75) is 123 Å². The van der Waals surface area contributed by atoms with Crippen molar-refractivity contribution < 1.29 is 38.4 Å². The number of nitrogens with zero attached hydrogens (tertiary/aromatic N) is 9. The van der Waals surface area contributed by atoms with Crippen LogP contribution in [-0.4, -0.2) is 127 Å². The Hall–Kier alpha value is -8.13. The lowest BCUT2D eigenvalue weighted by Gasteiger charge is -2.34. The number of aromatic nitrogens is 7. The number of aliphatic hydroxyl groups excluding tert-OH is 1. The van der Waals surface area contributed by atoms with Gasteiger partial charge in [-0.3, -0.25) is 19.6 Å². The number of aryl methyl sites for hydroxylation is 1. The third-order valence-corrected chi connectivity index (χ3v) is 15.7. The summed E-state index contributed by atoms with van der Waals surface area (Å²) in [5.74, 6) is 0.824. The molecule has 6 atom stereocenters. The minimum Gasteiger partial charge on any atom is -0.508 e. The van der Waals surface area contributed by atoms with Gasteiger partial charge in [-0.05, 0) is 115 Å². The maximum atomic E-state index is 15.5. The average Bonchev–Trinajstić information content (AvgIpc) is 3.30. The molecule has 11 rings (SSSR count). The van der Waals surface area contributed by atoms with Gasteiger partial charge in [0, 0.05) is 74.6 Å². The van der Waals surface area contributed by atoms with Crippen molar-refractivity contribution in [2.75, 3.05) is 44.9 Å². The van der Waals surface area contributed by atoms with Gasteiger partial charge in [0.25, 0.3) is 0 Å². The fourth-order valence-electron chi connectivity index (χ4n) is 11.3. The molecule has 5 unspecified atom stereocenters. The van der Waals surface area contributed by atoms with Crippen LogP contribution in [0.1, 0.15) is 103 Å². The average molecular weight is 1130 g/mol. The number of likely N-dealkylation sites (tertiary alicyclic amines) is 1. The first-order valence-corrected chi connectivity index (χ1v) is 28.9. The molecular weight excluding hydrogens is 1050 g/mol. The van der Waals surface area contributed by atoms with Crippen LogP contribution in [-0.2, 0) is 27.4 Å². The van der Waals surface area contributed by atoms with Crippen LogP contribution in [0.4, 0.5) is 10.2 Å². The Balaban J connectivity index is 0.000000351. The molecule has 8 aromatic rings. The highest BCUT2D eigenvalue weighted by atomic mass is 19.1. The number of halogens is 1. The van der Waals surface area contributed by atoms with Gasteiger partial charge < -0.3 is 44.9 Å². The second-order valence-corrected chi connectivity index (χ2v) is 21.6. The normalized spacial score (nSPS) is 17.6. The summed E-state index contributed by atoms with van der Waals surface area (Å²) < 4.78 is 35.8. The standard InChI is InChI=1S/C48H56FN9O5.C14H14N2O2.C2H6/c1-7-36-39(49)17-14-32-19-35(59)20-37(41(32)36)42-45(43-38(21-50-42)46(53-48(52-43)63-25-29(5)61-6)56-22-33-15-16-34(23-56)51-33)62-26-30-10-12-31(13-11-30)40-24-58(55-54-40)44(27(2)3)47(60)57-18-8-9-28(57)4;17-9-14(16-10-18)12-5-3-11(4-6-12)13-2-1-7-15-8-13;1-2/h10-14,17,19-21,24,27-29,33-34,44,51,59H,7-9,15-16,18,22-23,25-26H2,1-6H3;1-8,10,14,17H,9H2,(H,16,18);1-2H3/t28?,29-,33?,34?,44?;;/m0../s1. The van der Waals surface area contributed by atoms with Crippen LogP contribution in [0.3, 0.4) is 0 Å². The summed E-state index contributed by atoms with van der Waals surface area (Å²) in [5.41, 5.74) is 7.22. The molecule has 436 valence electrons. The molecule has 4 N–H and O–H groups in total. The largest absolute Gasteiger partial charge is 0.508 e. The first-order chi connectivity index (χ1) is 40.3. The van der Waals surface area contributed by atoms with Crippen molar-refractivity contribution in [3.8, 4) is 51.2 Å². The zero-order valence-corrected chi connectivity index (χ0v) is 48.6. The lowest BCUT2D eigenvalue weighted by molar-refractivity contribution is -0.137. The second-order valence-electron chi connectivity index (χ2n) is 21.6. The van der Waals surface area contributed by atoms with Gasteiger partial charge in [0.1, 0.15) is 53.5 Å². The predicted molar refractivity (Wildman–Crippen MR) is 320 cm³/mol. The van der Waals surface area contributed by atoms with Crippen molar-refractivity contribution in [3.63, 3.8) is 0 Å². The van der Waals surface area contributed by atoms with Crippen LogP contribution in [0.25, 0.3) is 55.3 Å². The van der Waals surface area contributed by atoms with Gasteiger partial charge >= 0.3 is 6.01 Å². The number of hydrogen-bond donors (Lipinski definition) is 4. The Morgan fingerprint density at radius 3 is 2.33 bits per heavy atom. The molecule has 4 aromatic heterocycles. The first-order valence-electron chi connectivity index (χ1n) is 28.9. The highest BCUT2D eigenvalue weighted by Crippen LogP contribution is 2.44. The van der Waals surface area contributed by atoms with E-state index < -0.39 is 6.04 Å². The van der Waals surface area contributed by atoms with E-state index in [4.69, 9.17) is 34.3 Å². The number of pyridine rings is 2. The van der Waals surface area contributed by atoms with E-state index in [1.54, 1.807) is 48.6 Å². The van der Waals surface area contributed by atoms with Gasteiger partial charge in [-0.25, -0.2) is 9.07 Å². The van der Waals surface area contributed by atoms with E-state index in [1.807, 2.05) is 113 Å². The molecule has 18 nitrogen and oxygen atoms in total. The minimum absolute atomic E-state index is 0.0125. The third kappa shape index (κ3) is 13.4. The Morgan fingerprint density at radius 1 is 0.928 bits per heavy atom. The van der Waals surface area contributed by atoms with Crippen LogP contribution < -0.4 is 25.0 Å². The molecule has 19 heteroatoms. The summed E-state index contributed by atoms with van der Waals surface area (Å²) >= 11 is 0. The molecule has 0 spiro atoms. The number of aliphatic hydroxyl groups is 1. The molecule has 2 bridgehead atoms. The maximum absolute atomic E-state index is 15.5. The molecule has 3 aliphatic heterocycles. The molecule has 2 amide bonds. The number of nitrogens with one attached hydrogen (secondary N) is 2. The molecule has 83 heavy (non-hydrogen) atoms. The molecule has 0 saturated carbocycles. The van der Waals surface area contributed by atoms with Gasteiger partial charge in [-0.1, -0.05) is 100 Å². The summed E-state index contributed by atoms with van der Waals surface area (Å²) in [6.45, 7) is 16.5. The highest BCUT2D eigenvalue weighted by Gasteiger charge is 2.36. The lowest BCUT2D eigenvalue weighted by atomic mass is 9.94. The van der Waals surface area contributed by atoms with Crippen LogP contribution in [0.5, 0.6) is 17.5 Å². The number of amides is 2. The summed E-state index contributed by atoms with van der Waals surface area (Å²) in [6.07, 6.45) is 12.1. The number of hydrogen-bond acceptors (Lipinski definition) is 15. The first kappa shape index (κ1) is 59.5. The predicted octanol–water partition coefficient (Wildman–Crippen LogP) is 10.2. The Morgan fingerprint density at radius 2 is 1.67 bits per heavy atom. The van der Waals surface area contributed by atoms with E-state index in [2.05, 4.69) is 37.8 Å². The van der Waals surface area contributed by atoms with E-state index >= 15 is 4.39 Å². The topological polar surface area (TPSA) is 215 Å². The van der Waals surface area contributed by atoms with Crippen molar-refractivity contribution in [2.24, 2.45) is 5.92 Å². The van der Waals surface area contributed by atoms with Crippen molar-refractivity contribution in [3.05, 3.63) is 132 Å². The number of carbonyl (C=O) groups excluding carboxylic acids is 2. The molecule has 0 radical (unpaired) electrons. The van der Waals surface area contributed by atoms with Crippen molar-refractivity contribution >= 4 is 39.8 Å². The summed E-state index contributed by atoms with van der Waals surface area (Å²) in [4.78, 5) is 47.4. The Labute approximate surface area is 484 Å². The summed E-state index contributed by atoms with van der Waals surface area (Å²) in [6, 6.07) is 26.0. The Kier molecular flexibility index (Phi) is 19.6. The molecule has 0 aliphatic carbocycles. The number of phenolic OH excluding ortho intramolecular Hbond substituents is 1. The van der Waals surface area contributed by atoms with Gasteiger partial charge in [0.15, 0.2) is 5.75 Å². The molecular formula is C64H76FN11O7. The highest BCUT2D eigenvalue weighted by molar-refractivity contribution is 6.04. The third-order valence-electron chi connectivity index (χ3n) is 15.7. The smallest absolute Gasteiger partial charge is 0.319 e. The fourth-order valence-corrected chi connectivity index (χ4v) is 11.3. The number of rotatable bonds is 19. The zero-order valence-electron chi connectivity index (χ0n) is 48.6. The number of benzene rings is 4. The zero-order chi connectivity index (χ0) is 58.7. The van der Waals surface area contributed by atoms with Crippen molar-refractivity contribution in [1.82, 2.24) is 50.5 Å². The van der Waals surface area contributed by atoms with Gasteiger partial charge in [0.2, 0.25) is 12.3 Å². The monoisotopic (exact) mass is 1130 g/mol. The lowest BCUT2D eigenvalue weighted by Crippen LogP contribution is -2.51. The number of carbonyl (C=O) groups is 2. The maximum Gasteiger partial charge on any atom is 0.319 e. The second kappa shape index (κ2) is 27.3. The van der Waals surface area contributed by atoms with Crippen LogP contribution >= 0.6 is 0 Å². The number of methoxy groups -OCH3 is 1. The molecule has 7 heterocycles. The molecule has 4 aromatic carbocycles. The van der Waals surface area contributed by atoms with Gasteiger partial charge in [-0.15, -0.1) is 5.10 Å².